The molecule has 0 N–H and O–H groups in total. The van der Waals surface area contributed by atoms with Crippen molar-refractivity contribution in [3.63, 3.8) is 0 Å². The third-order valence-electron chi connectivity index (χ3n) is 5.23. The minimum Gasteiger partial charge on any atom is -0.378 e. The van der Waals surface area contributed by atoms with Gasteiger partial charge >= 0.3 is 11.8 Å². The zero-order chi connectivity index (χ0) is 20.2. The van der Waals surface area contributed by atoms with Crippen LogP contribution in [0.1, 0.15) is 24.5 Å². The number of pyridine rings is 1. The summed E-state index contributed by atoms with van der Waals surface area (Å²) in [6.07, 6.45) is 1.73. The van der Waals surface area contributed by atoms with Crippen LogP contribution in [0.15, 0.2) is 22.9 Å². The summed E-state index contributed by atoms with van der Waals surface area (Å²) in [6, 6.07) is 3.75. The lowest BCUT2D eigenvalue weighted by Crippen LogP contribution is -2.49. The fraction of sp³-hybridized carbons (Fsp3) is 0.600. The second-order valence-electron chi connectivity index (χ2n) is 7.91. The summed E-state index contributed by atoms with van der Waals surface area (Å²) in [5.74, 6) is 1.73. The number of hydrogen-bond donors (Lipinski definition) is 0. The summed E-state index contributed by atoms with van der Waals surface area (Å²) >= 11 is 0. The molecule has 0 unspecified atom stereocenters. The van der Waals surface area contributed by atoms with Gasteiger partial charge in [-0.05, 0) is 18.1 Å². The maximum atomic E-state index is 12.8. The highest BCUT2D eigenvalue weighted by atomic mass is 16.5. The average Bonchev–Trinajstić information content (AvgIpc) is 3.24. The van der Waals surface area contributed by atoms with Gasteiger partial charge in [-0.15, -0.1) is 0 Å². The van der Waals surface area contributed by atoms with Crippen LogP contribution in [0.3, 0.4) is 0 Å². The van der Waals surface area contributed by atoms with Crippen LogP contribution >= 0.6 is 0 Å². The Morgan fingerprint density at radius 2 is 1.90 bits per heavy atom. The molecule has 0 aromatic carbocycles. The van der Waals surface area contributed by atoms with Crippen LogP contribution in [0.4, 0.5) is 5.82 Å². The van der Waals surface area contributed by atoms with E-state index in [2.05, 4.69) is 38.8 Å². The van der Waals surface area contributed by atoms with E-state index in [1.54, 1.807) is 11.1 Å². The van der Waals surface area contributed by atoms with Crippen molar-refractivity contribution >= 4 is 11.7 Å². The number of anilines is 1. The summed E-state index contributed by atoms with van der Waals surface area (Å²) in [7, 11) is 0. The van der Waals surface area contributed by atoms with Crippen LogP contribution in [0.2, 0.25) is 0 Å². The fourth-order valence-corrected chi connectivity index (χ4v) is 3.74. The van der Waals surface area contributed by atoms with Crippen LogP contribution in [0.5, 0.6) is 0 Å². The summed E-state index contributed by atoms with van der Waals surface area (Å²) in [5.41, 5.74) is 0.783. The SMILES string of the molecule is CC(C)CN1CCN(C(=O)c2nc(-c3ccnc(N4CCOCC4)c3)no2)CC1. The molecule has 2 aliphatic heterocycles. The first-order valence-corrected chi connectivity index (χ1v) is 10.2. The second-order valence-corrected chi connectivity index (χ2v) is 7.91. The Kier molecular flexibility index (Phi) is 6.05. The molecular weight excluding hydrogens is 372 g/mol. The van der Waals surface area contributed by atoms with E-state index in [0.29, 0.717) is 38.0 Å². The zero-order valence-corrected chi connectivity index (χ0v) is 17.1. The number of piperazine rings is 1. The highest BCUT2D eigenvalue weighted by Crippen LogP contribution is 2.22. The van der Waals surface area contributed by atoms with E-state index in [0.717, 1.165) is 44.1 Å². The molecule has 4 heterocycles. The largest absolute Gasteiger partial charge is 0.378 e. The Bertz CT molecular complexity index is 825. The number of carbonyl (C=O) groups is 1. The van der Waals surface area contributed by atoms with Crippen molar-refractivity contribution in [2.45, 2.75) is 13.8 Å². The van der Waals surface area contributed by atoms with Crippen LogP contribution < -0.4 is 4.90 Å². The van der Waals surface area contributed by atoms with Gasteiger partial charge in [-0.1, -0.05) is 19.0 Å². The smallest absolute Gasteiger partial charge is 0.316 e. The topological polar surface area (TPSA) is 87.8 Å². The Morgan fingerprint density at radius 3 is 2.62 bits per heavy atom. The van der Waals surface area contributed by atoms with E-state index in [4.69, 9.17) is 9.26 Å². The number of rotatable bonds is 5. The predicted octanol–water partition coefficient (Wildman–Crippen LogP) is 1.38. The van der Waals surface area contributed by atoms with Crippen molar-refractivity contribution in [3.8, 4) is 11.4 Å². The van der Waals surface area contributed by atoms with Crippen molar-refractivity contribution in [1.29, 1.82) is 0 Å². The van der Waals surface area contributed by atoms with E-state index in [-0.39, 0.29) is 11.8 Å². The lowest BCUT2D eigenvalue weighted by atomic mass is 10.2. The Labute approximate surface area is 170 Å². The third-order valence-corrected chi connectivity index (χ3v) is 5.23. The molecular formula is C20H28N6O3. The first kappa shape index (κ1) is 19.8. The van der Waals surface area contributed by atoms with Crippen molar-refractivity contribution in [2.24, 2.45) is 5.92 Å². The van der Waals surface area contributed by atoms with Gasteiger partial charge in [0.05, 0.1) is 13.2 Å². The summed E-state index contributed by atoms with van der Waals surface area (Å²) in [6.45, 7) is 11.6. The Morgan fingerprint density at radius 1 is 1.14 bits per heavy atom. The first-order chi connectivity index (χ1) is 14.1. The van der Waals surface area contributed by atoms with Gasteiger partial charge in [-0.25, -0.2) is 4.98 Å². The molecule has 2 aromatic heterocycles. The van der Waals surface area contributed by atoms with Crippen LogP contribution in [0, 0.1) is 5.92 Å². The highest BCUT2D eigenvalue weighted by Gasteiger charge is 2.27. The summed E-state index contributed by atoms with van der Waals surface area (Å²) in [4.78, 5) is 27.9. The van der Waals surface area contributed by atoms with E-state index in [9.17, 15) is 4.79 Å². The lowest BCUT2D eigenvalue weighted by Gasteiger charge is -2.34. The van der Waals surface area contributed by atoms with Gasteiger partial charge in [0.1, 0.15) is 5.82 Å². The quantitative estimate of drug-likeness (QED) is 0.744. The van der Waals surface area contributed by atoms with Gasteiger partial charge in [-0.2, -0.15) is 4.98 Å². The van der Waals surface area contributed by atoms with Crippen LogP contribution in [0.25, 0.3) is 11.4 Å². The molecule has 2 fully saturated rings. The first-order valence-electron chi connectivity index (χ1n) is 10.2. The molecule has 0 atom stereocenters. The minimum atomic E-state index is -0.199. The van der Waals surface area contributed by atoms with Crippen molar-refractivity contribution in [3.05, 3.63) is 24.2 Å². The minimum absolute atomic E-state index is 0.0436. The molecule has 2 saturated heterocycles. The molecule has 0 saturated carbocycles. The van der Waals surface area contributed by atoms with E-state index in [1.807, 2.05) is 12.1 Å². The highest BCUT2D eigenvalue weighted by molar-refractivity contribution is 5.90. The van der Waals surface area contributed by atoms with Gasteiger partial charge < -0.3 is 19.1 Å². The van der Waals surface area contributed by atoms with Gasteiger partial charge in [0.2, 0.25) is 5.82 Å². The van der Waals surface area contributed by atoms with Gasteiger partial charge in [0.15, 0.2) is 0 Å². The molecule has 156 valence electrons. The number of aromatic nitrogens is 3. The molecule has 1 amide bonds. The normalized spacial score (nSPS) is 18.4. The number of carbonyl (C=O) groups excluding carboxylic acids is 1. The number of morpholine rings is 1. The molecule has 2 aromatic rings. The number of ether oxygens (including phenoxy) is 1. The van der Waals surface area contributed by atoms with E-state index < -0.39 is 0 Å². The maximum absolute atomic E-state index is 12.8. The van der Waals surface area contributed by atoms with E-state index in [1.165, 1.54) is 0 Å². The molecule has 2 aliphatic rings. The number of amides is 1. The van der Waals surface area contributed by atoms with Crippen molar-refractivity contribution in [2.75, 3.05) is 63.9 Å². The predicted molar refractivity (Wildman–Crippen MR) is 108 cm³/mol. The standard InChI is InChI=1S/C20H28N6O3/c1-15(2)14-24-5-7-26(8-6-24)20(27)19-22-18(23-29-19)16-3-4-21-17(13-16)25-9-11-28-12-10-25/h3-4,13,15H,5-12,14H2,1-2H3. The van der Waals surface area contributed by atoms with E-state index >= 15 is 0 Å². The molecule has 0 radical (unpaired) electrons. The van der Waals surface area contributed by atoms with Gasteiger partial charge in [-0.3, -0.25) is 9.69 Å². The van der Waals surface area contributed by atoms with Crippen LogP contribution in [-0.2, 0) is 4.74 Å². The molecule has 0 aliphatic carbocycles. The molecule has 9 nitrogen and oxygen atoms in total. The molecule has 0 spiro atoms. The van der Waals surface area contributed by atoms with Gasteiger partial charge in [0, 0.05) is 57.6 Å². The van der Waals surface area contributed by atoms with Gasteiger partial charge in [0.25, 0.3) is 0 Å². The summed E-state index contributed by atoms with van der Waals surface area (Å²) in [5, 5.41) is 4.03. The van der Waals surface area contributed by atoms with Crippen molar-refractivity contribution < 1.29 is 14.1 Å². The second kappa shape index (κ2) is 8.87. The Balaban J connectivity index is 1.41. The zero-order valence-electron chi connectivity index (χ0n) is 17.1. The average molecular weight is 400 g/mol. The fourth-order valence-electron chi connectivity index (χ4n) is 3.74. The number of hydrogen-bond acceptors (Lipinski definition) is 8. The molecule has 9 heteroatoms. The molecule has 0 bridgehead atoms. The van der Waals surface area contributed by atoms with Crippen molar-refractivity contribution in [1.82, 2.24) is 24.9 Å². The lowest BCUT2D eigenvalue weighted by molar-refractivity contribution is 0.0576. The maximum Gasteiger partial charge on any atom is 0.316 e. The Hall–Kier alpha value is -2.52. The monoisotopic (exact) mass is 400 g/mol. The molecule has 4 rings (SSSR count). The molecule has 29 heavy (non-hydrogen) atoms. The third kappa shape index (κ3) is 4.73. The van der Waals surface area contributed by atoms with Crippen LogP contribution in [-0.4, -0.2) is 89.9 Å². The summed E-state index contributed by atoms with van der Waals surface area (Å²) < 4.78 is 10.7. The number of nitrogens with zero attached hydrogens (tertiary/aromatic N) is 6.